The number of aromatic nitrogens is 1. The summed E-state index contributed by atoms with van der Waals surface area (Å²) in [6.07, 6.45) is 0.196. The third-order valence-corrected chi connectivity index (χ3v) is 7.45. The molecule has 0 bridgehead atoms. The van der Waals surface area contributed by atoms with Crippen LogP contribution in [0.1, 0.15) is 35.2 Å². The molecule has 1 saturated carbocycles. The highest BCUT2D eigenvalue weighted by molar-refractivity contribution is 5.97. The number of hydrogen-bond acceptors (Lipinski definition) is 6. The summed E-state index contributed by atoms with van der Waals surface area (Å²) in [4.78, 5) is 30.9. The number of alkyl halides is 3. The highest BCUT2D eigenvalue weighted by Gasteiger charge is 2.51. The van der Waals surface area contributed by atoms with E-state index in [1.54, 1.807) is 11.1 Å². The van der Waals surface area contributed by atoms with Gasteiger partial charge in [0.1, 0.15) is 0 Å². The van der Waals surface area contributed by atoms with E-state index in [0.29, 0.717) is 5.56 Å². The maximum Gasteiger partial charge on any atom is 0.416 e. The number of benzene rings is 2. The molecule has 7 nitrogen and oxygen atoms in total. The molecule has 2 fully saturated rings. The second-order valence-electron chi connectivity index (χ2n) is 10.4. The fourth-order valence-corrected chi connectivity index (χ4v) is 5.23. The zero-order chi connectivity index (χ0) is 28.3. The minimum Gasteiger partial charge on any atom is -0.423 e. The van der Waals surface area contributed by atoms with Gasteiger partial charge in [-0.2, -0.15) is 13.2 Å². The number of carbonyl (C=O) groups is 2. The van der Waals surface area contributed by atoms with E-state index in [9.17, 15) is 22.8 Å². The first-order chi connectivity index (χ1) is 19.1. The molecule has 1 saturated heterocycles. The van der Waals surface area contributed by atoms with E-state index in [2.05, 4.69) is 15.6 Å². The predicted molar refractivity (Wildman–Crippen MR) is 144 cm³/mol. The van der Waals surface area contributed by atoms with E-state index < -0.39 is 17.6 Å². The molecule has 1 spiro atoms. The van der Waals surface area contributed by atoms with Gasteiger partial charge in [0.25, 0.3) is 12.4 Å². The average Bonchev–Trinajstić information content (AvgIpc) is 2.86. The van der Waals surface area contributed by atoms with Crippen molar-refractivity contribution in [3.63, 3.8) is 0 Å². The molecular formula is C30H29F3N4O3. The van der Waals surface area contributed by atoms with Crippen LogP contribution < -0.4 is 10.6 Å². The summed E-state index contributed by atoms with van der Waals surface area (Å²) in [5, 5.41) is 6.61. The molecule has 10 heteroatoms. The van der Waals surface area contributed by atoms with Crippen molar-refractivity contribution < 1.29 is 27.5 Å². The Kier molecular flexibility index (Phi) is 7.62. The minimum atomic E-state index is -4.48. The first-order valence-electron chi connectivity index (χ1n) is 12.9. The molecule has 0 atom stereocenters. The third-order valence-electron chi connectivity index (χ3n) is 7.45. The fraction of sp³-hybridized carbons (Fsp3) is 0.300. The van der Waals surface area contributed by atoms with Crippen LogP contribution in [0.2, 0.25) is 0 Å². The average molecular weight is 551 g/mol. The number of ether oxygens (including phenoxy) is 1. The Balaban J connectivity index is 1.36. The molecule has 40 heavy (non-hydrogen) atoms. The van der Waals surface area contributed by atoms with Gasteiger partial charge >= 0.3 is 6.18 Å². The number of halogens is 3. The summed E-state index contributed by atoms with van der Waals surface area (Å²) >= 11 is 0. The fourth-order valence-electron chi connectivity index (χ4n) is 5.23. The van der Waals surface area contributed by atoms with Crippen molar-refractivity contribution in [1.29, 1.82) is 0 Å². The molecule has 0 unspecified atom stereocenters. The van der Waals surface area contributed by atoms with Gasteiger partial charge in [-0.3, -0.25) is 14.6 Å². The Morgan fingerprint density at radius 3 is 2.38 bits per heavy atom. The summed E-state index contributed by atoms with van der Waals surface area (Å²) in [5.74, 6) is -0.734. The molecule has 1 amide bonds. The number of nitrogens with one attached hydrogen (secondary N) is 2. The molecule has 5 rings (SSSR count). The number of nitrogens with zero attached hydrogens (tertiary/aromatic N) is 2. The number of amides is 1. The molecule has 1 aliphatic carbocycles. The second-order valence-corrected chi connectivity index (χ2v) is 10.4. The second kappa shape index (κ2) is 11.1. The van der Waals surface area contributed by atoms with Gasteiger partial charge in [0.2, 0.25) is 0 Å². The highest BCUT2D eigenvalue weighted by Crippen LogP contribution is 2.47. The number of pyridine rings is 1. The predicted octanol–water partition coefficient (Wildman–Crippen LogP) is 5.45. The number of carbonyl (C=O) groups excluding carboxylic acids is 2. The molecule has 2 N–H and O–H groups in total. The van der Waals surface area contributed by atoms with E-state index >= 15 is 0 Å². The maximum absolute atomic E-state index is 13.7. The number of aryl methyl sites for hydroxylation is 1. The molecule has 2 aromatic carbocycles. The Hall–Kier alpha value is -4.18. The van der Waals surface area contributed by atoms with Crippen LogP contribution in [0.5, 0.6) is 0 Å². The van der Waals surface area contributed by atoms with Crippen molar-refractivity contribution in [3.05, 3.63) is 95.0 Å². The van der Waals surface area contributed by atoms with Gasteiger partial charge in [-0.25, -0.2) is 0 Å². The molecule has 1 aromatic heterocycles. The standard InChI is InChI=1S/C30H29F3N4O3/c1-20-12-25(10-11-35-20)36-24-8-4-22(5-9-24)16-37(26-14-29(15-26)17-34-18-29)28(39)27(40-19-38)13-21-2-6-23(7-3-21)30(31,32)33/h2-13,19,26,34H,14-18H2,1H3,(H,35,36)/b27-13+. The summed E-state index contributed by atoms with van der Waals surface area (Å²) in [7, 11) is 0. The lowest BCUT2D eigenvalue weighted by molar-refractivity contribution is -0.144. The SMILES string of the molecule is Cc1cc(Nc2ccc(CN(C(=O)/C(=C\c3ccc(C(F)(F)F)cc3)OC=O)C3CC4(CNC4)C3)cc2)ccn1. The lowest BCUT2D eigenvalue weighted by Crippen LogP contribution is -2.65. The van der Waals surface area contributed by atoms with Crippen molar-refractivity contribution in [3.8, 4) is 0 Å². The van der Waals surface area contributed by atoms with Gasteiger partial charge in [0.05, 0.1) is 5.56 Å². The van der Waals surface area contributed by atoms with Gasteiger partial charge in [-0.1, -0.05) is 24.3 Å². The Morgan fingerprint density at radius 2 is 1.80 bits per heavy atom. The van der Waals surface area contributed by atoms with Gasteiger partial charge in [-0.05, 0) is 78.8 Å². The topological polar surface area (TPSA) is 83.6 Å². The molecule has 3 aromatic rings. The van der Waals surface area contributed by atoms with Crippen LogP contribution in [0, 0.1) is 12.3 Å². The zero-order valence-electron chi connectivity index (χ0n) is 21.9. The Bertz CT molecular complexity index is 1390. The van der Waals surface area contributed by atoms with Crippen molar-refractivity contribution in [2.75, 3.05) is 18.4 Å². The van der Waals surface area contributed by atoms with Crippen LogP contribution >= 0.6 is 0 Å². The van der Waals surface area contributed by atoms with Gasteiger partial charge < -0.3 is 20.3 Å². The summed E-state index contributed by atoms with van der Waals surface area (Å²) in [6.45, 7) is 4.16. The largest absolute Gasteiger partial charge is 0.423 e. The lowest BCUT2D eigenvalue weighted by Gasteiger charge is -2.57. The van der Waals surface area contributed by atoms with E-state index in [0.717, 1.165) is 60.7 Å². The molecule has 0 radical (unpaired) electrons. The van der Waals surface area contributed by atoms with Crippen molar-refractivity contribution in [2.24, 2.45) is 5.41 Å². The maximum atomic E-state index is 13.7. The molecule has 2 heterocycles. The van der Waals surface area contributed by atoms with Gasteiger partial charge in [-0.15, -0.1) is 0 Å². The van der Waals surface area contributed by atoms with Crippen LogP contribution in [0.15, 0.2) is 72.6 Å². The summed E-state index contributed by atoms with van der Waals surface area (Å²) in [6, 6.07) is 15.8. The van der Waals surface area contributed by atoms with E-state index in [-0.39, 0.29) is 30.2 Å². The Morgan fingerprint density at radius 1 is 1.10 bits per heavy atom. The van der Waals surface area contributed by atoms with E-state index in [4.69, 9.17) is 4.74 Å². The number of anilines is 2. The number of hydrogen-bond donors (Lipinski definition) is 2. The minimum absolute atomic E-state index is 0.0570. The summed E-state index contributed by atoms with van der Waals surface area (Å²) < 4.78 is 44.0. The number of rotatable bonds is 9. The molecule has 1 aliphatic heterocycles. The van der Waals surface area contributed by atoms with Crippen LogP contribution in [-0.4, -0.2) is 41.4 Å². The molecule has 208 valence electrons. The monoisotopic (exact) mass is 550 g/mol. The molecule has 2 aliphatic rings. The zero-order valence-corrected chi connectivity index (χ0v) is 21.9. The van der Waals surface area contributed by atoms with Gasteiger partial charge in [0, 0.05) is 48.9 Å². The van der Waals surface area contributed by atoms with Gasteiger partial charge in [0.15, 0.2) is 5.76 Å². The van der Waals surface area contributed by atoms with E-state index in [1.807, 2.05) is 43.3 Å². The van der Waals surface area contributed by atoms with Crippen molar-refractivity contribution in [2.45, 2.75) is 38.5 Å². The van der Waals surface area contributed by atoms with Crippen LogP contribution in [0.3, 0.4) is 0 Å². The van der Waals surface area contributed by atoms with Crippen LogP contribution in [0.4, 0.5) is 24.5 Å². The first kappa shape index (κ1) is 27.4. The highest BCUT2D eigenvalue weighted by atomic mass is 19.4. The van der Waals surface area contributed by atoms with Crippen LogP contribution in [-0.2, 0) is 27.0 Å². The molecular weight excluding hydrogens is 521 g/mol. The van der Waals surface area contributed by atoms with Crippen LogP contribution in [0.25, 0.3) is 6.08 Å². The summed E-state index contributed by atoms with van der Waals surface area (Å²) in [5.41, 5.74) is 3.26. The normalized spacial score (nSPS) is 16.6. The lowest BCUT2D eigenvalue weighted by atomic mass is 9.61. The third kappa shape index (κ3) is 6.17. The first-order valence-corrected chi connectivity index (χ1v) is 12.9. The quantitative estimate of drug-likeness (QED) is 0.210. The van der Waals surface area contributed by atoms with E-state index in [1.165, 1.54) is 18.2 Å². The smallest absolute Gasteiger partial charge is 0.416 e. The van der Waals surface area contributed by atoms with Crippen molar-refractivity contribution in [1.82, 2.24) is 15.2 Å². The van der Waals surface area contributed by atoms with Crippen molar-refractivity contribution >= 4 is 29.8 Å². The Labute approximate surface area is 230 Å².